The smallest absolute Gasteiger partial charge is 0.310 e. The van der Waals surface area contributed by atoms with Crippen molar-refractivity contribution in [3.05, 3.63) is 59.9 Å². The van der Waals surface area contributed by atoms with Crippen LogP contribution in [0.5, 0.6) is 0 Å². The number of fused-ring (bicyclic) bond motifs is 1. The van der Waals surface area contributed by atoms with Crippen LogP contribution in [-0.2, 0) is 20.9 Å². The summed E-state index contributed by atoms with van der Waals surface area (Å²) in [5.41, 5.74) is 2.28. The molecule has 134 valence electrons. The number of amides is 3. The van der Waals surface area contributed by atoms with Crippen LogP contribution in [0.4, 0.5) is 5.69 Å². The van der Waals surface area contributed by atoms with Gasteiger partial charge in [0.15, 0.2) is 0 Å². The van der Waals surface area contributed by atoms with Gasteiger partial charge in [-0.1, -0.05) is 18.2 Å². The van der Waals surface area contributed by atoms with Crippen LogP contribution in [0.1, 0.15) is 31.0 Å². The molecule has 0 fully saturated rings. The fourth-order valence-electron chi connectivity index (χ4n) is 2.97. The minimum atomic E-state index is -0.854. The molecule has 2 heterocycles. The summed E-state index contributed by atoms with van der Waals surface area (Å²) in [6.07, 6.45) is 3.21. The van der Waals surface area contributed by atoms with Crippen molar-refractivity contribution in [3.8, 4) is 0 Å². The van der Waals surface area contributed by atoms with Gasteiger partial charge in [-0.05, 0) is 37.6 Å². The molecular formula is C19H20N4O3. The Balaban J connectivity index is 1.69. The molecule has 2 aromatic rings. The lowest BCUT2D eigenvalue weighted by Crippen LogP contribution is -2.45. The number of rotatable bonds is 4. The van der Waals surface area contributed by atoms with Crippen molar-refractivity contribution < 1.29 is 14.4 Å². The number of para-hydroxylation sites is 1. The second-order valence-corrected chi connectivity index (χ2v) is 6.31. The highest BCUT2D eigenvalue weighted by Gasteiger charge is 2.39. The van der Waals surface area contributed by atoms with E-state index >= 15 is 0 Å². The minimum absolute atomic E-state index is 0.0499. The van der Waals surface area contributed by atoms with Crippen LogP contribution >= 0.6 is 0 Å². The third-order valence-electron chi connectivity index (χ3n) is 4.19. The molecule has 0 unspecified atom stereocenters. The average Bonchev–Trinajstić information content (AvgIpc) is 2.92. The van der Waals surface area contributed by atoms with Crippen LogP contribution in [0, 0.1) is 0 Å². The molecule has 0 aliphatic carbocycles. The summed E-state index contributed by atoms with van der Waals surface area (Å²) in [5, 5.41) is 5.09. The summed E-state index contributed by atoms with van der Waals surface area (Å²) in [7, 11) is 0. The Morgan fingerprint density at radius 3 is 2.50 bits per heavy atom. The fourth-order valence-corrected chi connectivity index (χ4v) is 2.97. The Bertz CT molecular complexity index is 836. The van der Waals surface area contributed by atoms with Crippen molar-refractivity contribution in [2.45, 2.75) is 32.5 Å². The van der Waals surface area contributed by atoms with Crippen LogP contribution < -0.4 is 15.5 Å². The Morgan fingerprint density at radius 2 is 1.81 bits per heavy atom. The predicted molar refractivity (Wildman–Crippen MR) is 96.0 cm³/mol. The largest absolute Gasteiger partial charge is 0.344 e. The van der Waals surface area contributed by atoms with Crippen LogP contribution in [0.3, 0.4) is 0 Å². The summed E-state index contributed by atoms with van der Waals surface area (Å²) in [4.78, 5) is 42.6. The first-order valence-electron chi connectivity index (χ1n) is 8.38. The number of nitrogens with one attached hydrogen (secondary N) is 2. The summed E-state index contributed by atoms with van der Waals surface area (Å²) in [5.74, 6) is -1.86. The standard InChI is InChI=1S/C19H20N4O3/c1-12(2)23-15-6-4-3-5-14(15)16(19(23)26)22-18(25)17(24)21-11-13-7-9-20-10-8-13/h3-10,12,16H,11H2,1-2H3,(H,21,24)(H,22,25)/t16-/m1/s1. The number of benzene rings is 1. The third kappa shape index (κ3) is 3.42. The molecule has 7 heteroatoms. The van der Waals surface area contributed by atoms with Crippen molar-refractivity contribution in [1.29, 1.82) is 0 Å². The summed E-state index contributed by atoms with van der Waals surface area (Å²) >= 11 is 0. The molecule has 2 N–H and O–H groups in total. The molecule has 1 aliphatic heterocycles. The number of aromatic nitrogens is 1. The molecule has 0 spiro atoms. The van der Waals surface area contributed by atoms with E-state index in [0.717, 1.165) is 11.3 Å². The maximum atomic E-state index is 12.7. The average molecular weight is 352 g/mol. The highest BCUT2D eigenvalue weighted by Crippen LogP contribution is 2.36. The molecule has 0 bridgehead atoms. The lowest BCUT2D eigenvalue weighted by atomic mass is 10.1. The Hall–Kier alpha value is -3.22. The van der Waals surface area contributed by atoms with Gasteiger partial charge in [-0.3, -0.25) is 19.4 Å². The van der Waals surface area contributed by atoms with E-state index in [1.807, 2.05) is 26.0 Å². The zero-order valence-corrected chi connectivity index (χ0v) is 14.6. The third-order valence-corrected chi connectivity index (χ3v) is 4.19. The highest BCUT2D eigenvalue weighted by atomic mass is 16.2. The summed E-state index contributed by atoms with van der Waals surface area (Å²) < 4.78 is 0. The normalized spacial score (nSPS) is 15.7. The fraction of sp³-hybridized carbons (Fsp3) is 0.263. The van der Waals surface area contributed by atoms with Crippen molar-refractivity contribution in [1.82, 2.24) is 15.6 Å². The summed E-state index contributed by atoms with van der Waals surface area (Å²) in [6, 6.07) is 9.86. The van der Waals surface area contributed by atoms with E-state index in [1.54, 1.807) is 41.6 Å². The van der Waals surface area contributed by atoms with E-state index in [-0.39, 0.29) is 18.5 Å². The second-order valence-electron chi connectivity index (χ2n) is 6.31. The van der Waals surface area contributed by atoms with Gasteiger partial charge in [-0.2, -0.15) is 0 Å². The number of hydrogen-bond donors (Lipinski definition) is 2. The first kappa shape index (κ1) is 17.6. The lowest BCUT2D eigenvalue weighted by Gasteiger charge is -2.22. The number of nitrogens with zero attached hydrogens (tertiary/aromatic N) is 2. The Kier molecular flexibility index (Phi) is 4.97. The quantitative estimate of drug-likeness (QED) is 0.812. The van der Waals surface area contributed by atoms with E-state index in [2.05, 4.69) is 15.6 Å². The second kappa shape index (κ2) is 7.35. The monoisotopic (exact) mass is 352 g/mol. The van der Waals surface area contributed by atoms with E-state index in [1.165, 1.54) is 0 Å². The Morgan fingerprint density at radius 1 is 1.12 bits per heavy atom. The number of pyridine rings is 1. The van der Waals surface area contributed by atoms with Gasteiger partial charge in [-0.25, -0.2) is 0 Å². The maximum Gasteiger partial charge on any atom is 0.310 e. The number of hydrogen-bond acceptors (Lipinski definition) is 4. The maximum absolute atomic E-state index is 12.7. The molecule has 0 radical (unpaired) electrons. The van der Waals surface area contributed by atoms with Crippen LogP contribution in [0.25, 0.3) is 0 Å². The van der Waals surface area contributed by atoms with E-state index < -0.39 is 17.9 Å². The number of carbonyl (C=O) groups is 3. The van der Waals surface area contributed by atoms with Gasteiger partial charge >= 0.3 is 11.8 Å². The SMILES string of the molecule is CC(C)N1C(=O)[C@H](NC(=O)C(=O)NCc2ccncc2)c2ccccc21. The van der Waals surface area contributed by atoms with Gasteiger partial charge in [0.05, 0.1) is 0 Å². The van der Waals surface area contributed by atoms with Gasteiger partial charge in [-0.15, -0.1) is 0 Å². The molecule has 0 saturated heterocycles. The van der Waals surface area contributed by atoms with Crippen LogP contribution in [0.15, 0.2) is 48.8 Å². The van der Waals surface area contributed by atoms with Gasteiger partial charge in [0.1, 0.15) is 6.04 Å². The van der Waals surface area contributed by atoms with E-state index in [0.29, 0.717) is 5.56 Å². The number of carbonyl (C=O) groups excluding carboxylic acids is 3. The molecular weight excluding hydrogens is 332 g/mol. The molecule has 1 atom stereocenters. The zero-order chi connectivity index (χ0) is 18.7. The van der Waals surface area contributed by atoms with Gasteiger partial charge in [0.25, 0.3) is 5.91 Å². The molecule has 1 aliphatic rings. The Labute approximate surface area is 151 Å². The van der Waals surface area contributed by atoms with Crippen molar-refractivity contribution in [2.24, 2.45) is 0 Å². The predicted octanol–water partition coefficient (Wildman–Crippen LogP) is 1.31. The molecule has 3 amide bonds. The topological polar surface area (TPSA) is 91.4 Å². The van der Waals surface area contributed by atoms with Gasteiger partial charge < -0.3 is 15.5 Å². The zero-order valence-electron chi connectivity index (χ0n) is 14.6. The highest BCUT2D eigenvalue weighted by molar-refractivity contribution is 6.35. The van der Waals surface area contributed by atoms with E-state index in [4.69, 9.17) is 0 Å². The molecule has 26 heavy (non-hydrogen) atoms. The minimum Gasteiger partial charge on any atom is -0.344 e. The lowest BCUT2D eigenvalue weighted by molar-refractivity contribution is -0.140. The van der Waals surface area contributed by atoms with E-state index in [9.17, 15) is 14.4 Å². The van der Waals surface area contributed by atoms with Crippen LogP contribution in [-0.4, -0.2) is 28.7 Å². The number of anilines is 1. The summed E-state index contributed by atoms with van der Waals surface area (Å²) in [6.45, 7) is 4.02. The van der Waals surface area contributed by atoms with Crippen molar-refractivity contribution >= 4 is 23.4 Å². The van der Waals surface area contributed by atoms with Crippen LogP contribution in [0.2, 0.25) is 0 Å². The first-order valence-corrected chi connectivity index (χ1v) is 8.38. The van der Waals surface area contributed by atoms with Gasteiger partial charge in [0, 0.05) is 36.2 Å². The molecule has 7 nitrogen and oxygen atoms in total. The molecule has 1 aromatic carbocycles. The molecule has 1 aromatic heterocycles. The van der Waals surface area contributed by atoms with Gasteiger partial charge in [0.2, 0.25) is 0 Å². The molecule has 3 rings (SSSR count). The van der Waals surface area contributed by atoms with Crippen molar-refractivity contribution in [2.75, 3.05) is 4.90 Å². The molecule has 0 saturated carbocycles. The first-order chi connectivity index (χ1) is 12.5. The van der Waals surface area contributed by atoms with Crippen molar-refractivity contribution in [3.63, 3.8) is 0 Å².